The average Bonchev–Trinajstić information content (AvgIpc) is 2.36. The number of hydrogen-bond acceptors (Lipinski definition) is 3. The zero-order valence-corrected chi connectivity index (χ0v) is 12.9. The first kappa shape index (κ1) is 14.9. The van der Waals surface area contributed by atoms with Gasteiger partial charge in [-0.2, -0.15) is 0 Å². The second-order valence-electron chi connectivity index (χ2n) is 5.95. The molecule has 4 nitrogen and oxygen atoms in total. The fourth-order valence-electron chi connectivity index (χ4n) is 2.77. The van der Waals surface area contributed by atoms with Crippen molar-refractivity contribution in [1.29, 1.82) is 0 Å². The zero-order chi connectivity index (χ0) is 14.8. The van der Waals surface area contributed by atoms with Gasteiger partial charge in [-0.1, -0.05) is 6.07 Å². The highest BCUT2D eigenvalue weighted by molar-refractivity contribution is 5.99. The smallest absolute Gasteiger partial charge is 0.253 e. The molecule has 2 N–H and O–H groups in total. The fraction of sp³-hybridized carbons (Fsp3) is 0.562. The van der Waals surface area contributed by atoms with Crippen molar-refractivity contribution in [2.45, 2.75) is 31.7 Å². The third kappa shape index (κ3) is 2.80. The second kappa shape index (κ2) is 5.83. The van der Waals surface area contributed by atoms with E-state index in [1.807, 2.05) is 32.2 Å². The Bertz CT molecular complexity index is 492. The zero-order valence-electron chi connectivity index (χ0n) is 12.9. The number of hydrogen-bond donors (Lipinski definition) is 2. The molecule has 1 amide bonds. The van der Waals surface area contributed by atoms with Crippen molar-refractivity contribution in [3.63, 3.8) is 0 Å². The maximum absolute atomic E-state index is 12.4. The summed E-state index contributed by atoms with van der Waals surface area (Å²) in [5.41, 5.74) is 2.90. The van der Waals surface area contributed by atoms with Crippen LogP contribution in [0.15, 0.2) is 18.2 Å². The van der Waals surface area contributed by atoms with Crippen LogP contribution < -0.4 is 10.6 Å². The van der Waals surface area contributed by atoms with Crippen molar-refractivity contribution < 1.29 is 4.79 Å². The van der Waals surface area contributed by atoms with Crippen LogP contribution in [0.4, 0.5) is 5.69 Å². The van der Waals surface area contributed by atoms with Gasteiger partial charge in [-0.05, 0) is 58.0 Å². The molecule has 0 radical (unpaired) electrons. The van der Waals surface area contributed by atoms with Crippen LogP contribution in [-0.4, -0.2) is 44.0 Å². The fourth-order valence-corrected chi connectivity index (χ4v) is 2.77. The number of anilines is 1. The summed E-state index contributed by atoms with van der Waals surface area (Å²) in [6.07, 6.45) is 3.57. The van der Waals surface area contributed by atoms with Gasteiger partial charge >= 0.3 is 0 Å². The molecule has 1 fully saturated rings. The molecule has 0 atom stereocenters. The number of nitrogens with zero attached hydrogens (tertiary/aromatic N) is 1. The van der Waals surface area contributed by atoms with Gasteiger partial charge in [-0.3, -0.25) is 4.79 Å². The molecule has 2 rings (SSSR count). The lowest BCUT2D eigenvalue weighted by atomic mass is 9.75. The van der Waals surface area contributed by atoms with Gasteiger partial charge in [0.05, 0.1) is 5.56 Å². The third-order valence-corrected chi connectivity index (χ3v) is 4.50. The highest BCUT2D eigenvalue weighted by Gasteiger charge is 2.39. The van der Waals surface area contributed by atoms with Crippen molar-refractivity contribution in [3.8, 4) is 0 Å². The molecule has 1 aromatic rings. The topological polar surface area (TPSA) is 44.4 Å². The molecule has 0 aromatic heterocycles. The van der Waals surface area contributed by atoms with Gasteiger partial charge in [0, 0.05) is 24.8 Å². The highest BCUT2D eigenvalue weighted by atomic mass is 16.1. The molecule has 4 heteroatoms. The molecule has 1 aliphatic carbocycles. The van der Waals surface area contributed by atoms with Crippen molar-refractivity contribution >= 4 is 11.6 Å². The monoisotopic (exact) mass is 275 g/mol. The summed E-state index contributed by atoms with van der Waals surface area (Å²) < 4.78 is 0. The summed E-state index contributed by atoms with van der Waals surface area (Å²) in [6.45, 7) is 2.74. The summed E-state index contributed by atoms with van der Waals surface area (Å²) in [5, 5.41) is 6.19. The molecule has 0 heterocycles. The average molecular weight is 275 g/mol. The van der Waals surface area contributed by atoms with Crippen LogP contribution in [-0.2, 0) is 0 Å². The lowest BCUT2D eigenvalue weighted by Gasteiger charge is -2.47. The van der Waals surface area contributed by atoms with E-state index in [0.29, 0.717) is 5.56 Å². The SMILES string of the molecule is CNc1cc(C)ccc1C(=O)NCC1(N(C)C)CCC1. The van der Waals surface area contributed by atoms with Crippen molar-refractivity contribution in [1.82, 2.24) is 10.2 Å². The Kier molecular flexibility index (Phi) is 4.33. The molecule has 1 saturated carbocycles. The summed E-state index contributed by atoms with van der Waals surface area (Å²) in [4.78, 5) is 14.6. The third-order valence-electron chi connectivity index (χ3n) is 4.50. The maximum atomic E-state index is 12.4. The van der Waals surface area contributed by atoms with Crippen LogP contribution in [0, 0.1) is 6.92 Å². The summed E-state index contributed by atoms with van der Waals surface area (Å²) in [6, 6.07) is 5.86. The molecular formula is C16H25N3O. The first-order valence-corrected chi connectivity index (χ1v) is 7.22. The second-order valence-corrected chi connectivity index (χ2v) is 5.95. The van der Waals surface area contributed by atoms with Crippen LogP contribution >= 0.6 is 0 Å². The van der Waals surface area contributed by atoms with Gasteiger partial charge in [0.2, 0.25) is 0 Å². The van der Waals surface area contributed by atoms with Crippen LogP contribution in [0.3, 0.4) is 0 Å². The normalized spacial score (nSPS) is 16.6. The van der Waals surface area contributed by atoms with Crippen molar-refractivity contribution in [2.75, 3.05) is 33.0 Å². The molecule has 0 aliphatic heterocycles. The Morgan fingerprint density at radius 1 is 1.35 bits per heavy atom. The molecule has 0 bridgehead atoms. The van der Waals surface area contributed by atoms with Crippen LogP contribution in [0.5, 0.6) is 0 Å². The lowest BCUT2D eigenvalue weighted by Crippen LogP contribution is -2.57. The Hall–Kier alpha value is -1.55. The quantitative estimate of drug-likeness (QED) is 0.866. The Morgan fingerprint density at radius 2 is 2.05 bits per heavy atom. The van der Waals surface area contributed by atoms with E-state index in [0.717, 1.165) is 30.6 Å². The molecule has 20 heavy (non-hydrogen) atoms. The molecule has 110 valence electrons. The van der Waals surface area contributed by atoms with E-state index in [1.165, 1.54) is 6.42 Å². The molecular weight excluding hydrogens is 250 g/mol. The lowest BCUT2D eigenvalue weighted by molar-refractivity contribution is 0.0558. The number of aryl methyl sites for hydroxylation is 1. The molecule has 1 aromatic carbocycles. The van der Waals surface area contributed by atoms with Gasteiger partial charge in [0.15, 0.2) is 0 Å². The molecule has 1 aliphatic rings. The number of benzene rings is 1. The van der Waals surface area contributed by atoms with Gasteiger partial charge < -0.3 is 15.5 Å². The number of rotatable bonds is 5. The number of amides is 1. The standard InChI is InChI=1S/C16H25N3O/c1-12-6-7-13(14(10-12)17-2)15(20)18-11-16(19(3)4)8-5-9-16/h6-7,10,17H,5,8-9,11H2,1-4H3,(H,18,20). The largest absolute Gasteiger partial charge is 0.387 e. The minimum Gasteiger partial charge on any atom is -0.387 e. The number of nitrogens with one attached hydrogen (secondary N) is 2. The van der Waals surface area contributed by atoms with E-state index in [1.54, 1.807) is 0 Å². The predicted octanol–water partition coefficient (Wildman–Crippen LogP) is 2.25. The summed E-state index contributed by atoms with van der Waals surface area (Å²) >= 11 is 0. The minimum atomic E-state index is 0.00229. The number of carbonyl (C=O) groups excluding carboxylic acids is 1. The van der Waals surface area contributed by atoms with E-state index in [9.17, 15) is 4.79 Å². The highest BCUT2D eigenvalue weighted by Crippen LogP contribution is 2.35. The maximum Gasteiger partial charge on any atom is 0.253 e. The van der Waals surface area contributed by atoms with E-state index in [4.69, 9.17) is 0 Å². The van der Waals surface area contributed by atoms with Crippen LogP contribution in [0.2, 0.25) is 0 Å². The Labute approximate surface area is 121 Å². The van der Waals surface area contributed by atoms with Gasteiger partial charge in [0.1, 0.15) is 0 Å². The molecule has 0 saturated heterocycles. The van der Waals surface area contributed by atoms with Gasteiger partial charge in [-0.15, -0.1) is 0 Å². The first-order chi connectivity index (χ1) is 9.48. The van der Waals surface area contributed by atoms with Crippen LogP contribution in [0.1, 0.15) is 35.2 Å². The van der Waals surface area contributed by atoms with E-state index >= 15 is 0 Å². The Balaban J connectivity index is 2.05. The summed E-state index contributed by atoms with van der Waals surface area (Å²) in [5.74, 6) is 0.00229. The van der Waals surface area contributed by atoms with Crippen molar-refractivity contribution in [3.05, 3.63) is 29.3 Å². The van der Waals surface area contributed by atoms with E-state index in [2.05, 4.69) is 29.6 Å². The van der Waals surface area contributed by atoms with Gasteiger partial charge in [0.25, 0.3) is 5.91 Å². The summed E-state index contributed by atoms with van der Waals surface area (Å²) in [7, 11) is 6.03. The minimum absolute atomic E-state index is 0.00229. The number of likely N-dealkylation sites (N-methyl/N-ethyl adjacent to an activating group) is 1. The predicted molar refractivity (Wildman–Crippen MR) is 83.3 cm³/mol. The number of carbonyl (C=O) groups is 1. The Morgan fingerprint density at radius 3 is 2.55 bits per heavy atom. The molecule has 0 spiro atoms. The van der Waals surface area contributed by atoms with Crippen LogP contribution in [0.25, 0.3) is 0 Å². The van der Waals surface area contributed by atoms with Crippen molar-refractivity contribution in [2.24, 2.45) is 0 Å². The van der Waals surface area contributed by atoms with E-state index in [-0.39, 0.29) is 11.4 Å². The van der Waals surface area contributed by atoms with Gasteiger partial charge in [-0.25, -0.2) is 0 Å². The molecule has 0 unspecified atom stereocenters. The first-order valence-electron chi connectivity index (χ1n) is 7.22. The van der Waals surface area contributed by atoms with E-state index < -0.39 is 0 Å².